The van der Waals surface area contributed by atoms with Gasteiger partial charge in [0.2, 0.25) is 0 Å². The molecule has 2 N–H and O–H groups in total. The first-order valence-electron chi connectivity index (χ1n) is 8.18. The molecular weight excluding hydrogens is 282 g/mol. The fraction of sp³-hybridized carbons (Fsp3) is 0.875. The monoisotopic (exact) mass is 311 g/mol. The second-order valence-electron chi connectivity index (χ2n) is 7.66. The fourth-order valence-electron chi connectivity index (χ4n) is 3.20. The smallest absolute Gasteiger partial charge is 0.312 e. The third kappa shape index (κ3) is 3.60. The van der Waals surface area contributed by atoms with E-state index in [-0.39, 0.29) is 24.0 Å². The zero-order valence-electron chi connectivity index (χ0n) is 14.1. The molecule has 0 aromatic carbocycles. The van der Waals surface area contributed by atoms with E-state index in [1.54, 1.807) is 11.9 Å². The van der Waals surface area contributed by atoms with Gasteiger partial charge in [0.05, 0.1) is 6.10 Å². The largest absolute Gasteiger partial charge is 0.391 e. The van der Waals surface area contributed by atoms with Gasteiger partial charge in [0, 0.05) is 32.2 Å². The SMILES string of the molecule is CN(CC(O)C(C)(C)C)C(=O)C(=O)N1C2CCNCC1CC2. The van der Waals surface area contributed by atoms with Crippen LogP contribution in [0.25, 0.3) is 0 Å². The first-order chi connectivity index (χ1) is 10.2. The van der Waals surface area contributed by atoms with Crippen molar-refractivity contribution in [2.75, 3.05) is 26.7 Å². The van der Waals surface area contributed by atoms with E-state index < -0.39 is 17.9 Å². The number of amides is 2. The molecule has 0 saturated carbocycles. The van der Waals surface area contributed by atoms with Crippen LogP contribution in [0, 0.1) is 5.41 Å². The van der Waals surface area contributed by atoms with Crippen molar-refractivity contribution in [2.24, 2.45) is 5.41 Å². The summed E-state index contributed by atoms with van der Waals surface area (Å²) in [6.07, 6.45) is 2.20. The zero-order valence-corrected chi connectivity index (χ0v) is 14.1. The molecule has 0 aromatic rings. The molecule has 2 saturated heterocycles. The van der Waals surface area contributed by atoms with Crippen LogP contribution in [-0.4, -0.2) is 71.6 Å². The highest BCUT2D eigenvalue weighted by molar-refractivity contribution is 6.35. The summed E-state index contributed by atoms with van der Waals surface area (Å²) in [4.78, 5) is 28.2. The van der Waals surface area contributed by atoms with Crippen LogP contribution in [0.1, 0.15) is 40.0 Å². The molecule has 22 heavy (non-hydrogen) atoms. The van der Waals surface area contributed by atoms with Crippen molar-refractivity contribution in [3.8, 4) is 0 Å². The Morgan fingerprint density at radius 2 is 1.91 bits per heavy atom. The summed E-state index contributed by atoms with van der Waals surface area (Å²) in [6.45, 7) is 7.59. The zero-order chi connectivity index (χ0) is 16.5. The predicted molar refractivity (Wildman–Crippen MR) is 84.2 cm³/mol. The fourth-order valence-corrected chi connectivity index (χ4v) is 3.20. The number of aliphatic hydroxyl groups is 1. The van der Waals surface area contributed by atoms with Crippen molar-refractivity contribution in [1.82, 2.24) is 15.1 Å². The molecular formula is C16H29N3O3. The van der Waals surface area contributed by atoms with Crippen LogP contribution in [0.5, 0.6) is 0 Å². The van der Waals surface area contributed by atoms with Crippen LogP contribution in [0.15, 0.2) is 0 Å². The van der Waals surface area contributed by atoms with Gasteiger partial charge in [0.1, 0.15) is 0 Å². The van der Waals surface area contributed by atoms with E-state index in [0.717, 1.165) is 32.4 Å². The quantitative estimate of drug-likeness (QED) is 0.715. The van der Waals surface area contributed by atoms with E-state index in [1.165, 1.54) is 4.90 Å². The Labute approximate surface area is 132 Å². The number of aliphatic hydroxyl groups excluding tert-OH is 1. The average Bonchev–Trinajstić information content (AvgIpc) is 2.69. The molecule has 3 unspecified atom stereocenters. The highest BCUT2D eigenvalue weighted by Crippen LogP contribution is 2.28. The average molecular weight is 311 g/mol. The van der Waals surface area contributed by atoms with E-state index in [4.69, 9.17) is 0 Å². The summed E-state index contributed by atoms with van der Waals surface area (Å²) in [5.74, 6) is -0.929. The Kier molecular flexibility index (Phi) is 5.12. The van der Waals surface area contributed by atoms with Crippen molar-refractivity contribution in [2.45, 2.75) is 58.2 Å². The number of likely N-dealkylation sites (N-methyl/N-ethyl adjacent to an activating group) is 1. The van der Waals surface area contributed by atoms with Gasteiger partial charge in [-0.05, 0) is 31.2 Å². The van der Waals surface area contributed by atoms with Crippen molar-refractivity contribution < 1.29 is 14.7 Å². The maximum atomic E-state index is 12.6. The Morgan fingerprint density at radius 3 is 2.55 bits per heavy atom. The highest BCUT2D eigenvalue weighted by Gasteiger charge is 2.41. The van der Waals surface area contributed by atoms with Crippen molar-refractivity contribution in [1.29, 1.82) is 0 Å². The van der Waals surface area contributed by atoms with Crippen molar-refractivity contribution in [3.05, 3.63) is 0 Å². The number of nitrogens with one attached hydrogen (secondary N) is 1. The standard InChI is InChI=1S/C16H29N3O3/c1-16(2,3)13(20)10-18(4)14(21)15(22)19-11-5-6-12(19)9-17-8-7-11/h11-13,17,20H,5-10H2,1-4H3. The number of rotatable bonds is 2. The molecule has 2 aliphatic heterocycles. The Hall–Kier alpha value is -1.14. The van der Waals surface area contributed by atoms with Gasteiger partial charge in [0.15, 0.2) is 0 Å². The van der Waals surface area contributed by atoms with Crippen LogP contribution in [0.4, 0.5) is 0 Å². The molecule has 2 fully saturated rings. The van der Waals surface area contributed by atoms with Crippen LogP contribution >= 0.6 is 0 Å². The first kappa shape index (κ1) is 17.2. The molecule has 0 spiro atoms. The third-order valence-corrected chi connectivity index (χ3v) is 4.86. The van der Waals surface area contributed by atoms with Gasteiger partial charge in [-0.15, -0.1) is 0 Å². The number of carbonyl (C=O) groups excluding carboxylic acids is 2. The first-order valence-corrected chi connectivity index (χ1v) is 8.18. The summed E-state index contributed by atoms with van der Waals surface area (Å²) in [5.41, 5.74) is -0.316. The number of hydrogen-bond acceptors (Lipinski definition) is 4. The Balaban J connectivity index is 2.01. The summed E-state index contributed by atoms with van der Waals surface area (Å²) in [7, 11) is 1.59. The molecule has 0 aliphatic carbocycles. The van der Waals surface area contributed by atoms with Crippen molar-refractivity contribution in [3.63, 3.8) is 0 Å². The summed E-state index contributed by atoms with van der Waals surface area (Å²) < 4.78 is 0. The van der Waals surface area contributed by atoms with Gasteiger partial charge in [-0.25, -0.2) is 0 Å². The number of fused-ring (bicyclic) bond motifs is 2. The summed E-state index contributed by atoms with van der Waals surface area (Å²) in [6, 6.07) is 0.308. The lowest BCUT2D eigenvalue weighted by Gasteiger charge is -2.32. The van der Waals surface area contributed by atoms with Crippen LogP contribution in [-0.2, 0) is 9.59 Å². The lowest BCUT2D eigenvalue weighted by molar-refractivity contribution is -0.153. The third-order valence-electron chi connectivity index (χ3n) is 4.86. The molecule has 2 rings (SSSR count). The number of hydrogen-bond donors (Lipinski definition) is 2. The van der Waals surface area contributed by atoms with E-state index in [1.807, 2.05) is 20.8 Å². The minimum atomic E-state index is -0.656. The lowest BCUT2D eigenvalue weighted by atomic mass is 9.89. The minimum Gasteiger partial charge on any atom is -0.391 e. The molecule has 6 heteroatoms. The predicted octanol–water partition coefficient (Wildman–Crippen LogP) is 0.205. The van der Waals surface area contributed by atoms with Crippen LogP contribution in [0.2, 0.25) is 0 Å². The molecule has 2 amide bonds. The number of carbonyl (C=O) groups is 2. The molecule has 126 valence electrons. The van der Waals surface area contributed by atoms with Gasteiger partial charge < -0.3 is 20.2 Å². The van der Waals surface area contributed by atoms with E-state index >= 15 is 0 Å². The van der Waals surface area contributed by atoms with Gasteiger partial charge in [0.25, 0.3) is 0 Å². The van der Waals surface area contributed by atoms with E-state index in [0.29, 0.717) is 0 Å². The molecule has 2 aliphatic rings. The van der Waals surface area contributed by atoms with Gasteiger partial charge in [-0.3, -0.25) is 9.59 Å². The molecule has 2 heterocycles. The second-order valence-corrected chi connectivity index (χ2v) is 7.66. The topological polar surface area (TPSA) is 72.9 Å². The molecule has 6 nitrogen and oxygen atoms in total. The van der Waals surface area contributed by atoms with E-state index in [2.05, 4.69) is 5.32 Å². The Bertz CT molecular complexity index is 419. The molecule has 0 radical (unpaired) electrons. The minimum absolute atomic E-state index is 0.130. The van der Waals surface area contributed by atoms with Gasteiger partial charge in [-0.1, -0.05) is 20.8 Å². The maximum Gasteiger partial charge on any atom is 0.312 e. The van der Waals surface area contributed by atoms with E-state index in [9.17, 15) is 14.7 Å². The number of nitrogens with zero attached hydrogens (tertiary/aromatic N) is 2. The second kappa shape index (κ2) is 6.54. The Morgan fingerprint density at radius 1 is 1.27 bits per heavy atom. The molecule has 0 aromatic heterocycles. The normalized spacial score (nSPS) is 26.5. The van der Waals surface area contributed by atoms with Gasteiger partial charge >= 0.3 is 11.8 Å². The summed E-state index contributed by atoms with van der Waals surface area (Å²) >= 11 is 0. The highest BCUT2D eigenvalue weighted by atomic mass is 16.3. The maximum absolute atomic E-state index is 12.6. The summed E-state index contributed by atoms with van der Waals surface area (Å²) in [5, 5.41) is 13.5. The van der Waals surface area contributed by atoms with Crippen LogP contribution in [0.3, 0.4) is 0 Å². The van der Waals surface area contributed by atoms with Gasteiger partial charge in [-0.2, -0.15) is 0 Å². The van der Waals surface area contributed by atoms with Crippen molar-refractivity contribution >= 4 is 11.8 Å². The van der Waals surface area contributed by atoms with Crippen LogP contribution < -0.4 is 5.32 Å². The molecule has 3 atom stereocenters. The molecule has 2 bridgehead atoms. The lowest BCUT2D eigenvalue weighted by Crippen LogP contribution is -2.51.